The van der Waals surface area contributed by atoms with Gasteiger partial charge in [0.1, 0.15) is 0 Å². The molecule has 0 aliphatic rings. The number of imidazole rings is 1. The molecule has 0 unspecified atom stereocenters. The van der Waals surface area contributed by atoms with Gasteiger partial charge in [-0.3, -0.25) is 9.89 Å². The van der Waals surface area contributed by atoms with E-state index in [4.69, 9.17) is 0 Å². The van der Waals surface area contributed by atoms with Gasteiger partial charge in [0.15, 0.2) is 5.65 Å². The van der Waals surface area contributed by atoms with Crippen LogP contribution in [-0.2, 0) is 0 Å². The Morgan fingerprint density at radius 3 is 2.67 bits per heavy atom. The van der Waals surface area contributed by atoms with Crippen molar-refractivity contribution in [3.63, 3.8) is 0 Å². The molecule has 0 amide bonds. The van der Waals surface area contributed by atoms with Crippen molar-refractivity contribution in [3.8, 4) is 11.3 Å². The predicted octanol–water partition coefficient (Wildman–Crippen LogP) is 1.73. The van der Waals surface area contributed by atoms with E-state index in [1.807, 2.05) is 37.5 Å². The molecule has 2 heterocycles. The number of hydrogen-bond acceptors (Lipinski definition) is 3. The normalized spacial score (nSPS) is 10.7. The van der Waals surface area contributed by atoms with Gasteiger partial charge in [0.2, 0.25) is 0 Å². The molecule has 2 N–H and O–H groups in total. The van der Waals surface area contributed by atoms with Crippen LogP contribution in [0.2, 0.25) is 0 Å². The average Bonchev–Trinajstić information content (AvgIpc) is 2.81. The van der Waals surface area contributed by atoms with Crippen molar-refractivity contribution in [3.05, 3.63) is 52.9 Å². The van der Waals surface area contributed by atoms with E-state index in [2.05, 4.69) is 15.4 Å². The molecule has 0 aliphatic carbocycles. The van der Waals surface area contributed by atoms with Crippen LogP contribution >= 0.6 is 0 Å². The SMILES string of the molecule is CNc1ccc(-c2cn3[nH]c(=O)ccc3n2)cc1. The van der Waals surface area contributed by atoms with Gasteiger partial charge >= 0.3 is 0 Å². The van der Waals surface area contributed by atoms with Gasteiger partial charge in [0.05, 0.1) is 11.9 Å². The van der Waals surface area contributed by atoms with Crippen molar-refractivity contribution in [1.29, 1.82) is 0 Å². The predicted molar refractivity (Wildman–Crippen MR) is 70.8 cm³/mol. The second-order valence-electron chi connectivity index (χ2n) is 3.99. The van der Waals surface area contributed by atoms with Gasteiger partial charge in [0.25, 0.3) is 5.56 Å². The Balaban J connectivity index is 2.10. The molecule has 0 bridgehead atoms. The van der Waals surface area contributed by atoms with Gasteiger partial charge in [-0.05, 0) is 18.2 Å². The first-order chi connectivity index (χ1) is 8.76. The molecule has 5 nitrogen and oxygen atoms in total. The zero-order chi connectivity index (χ0) is 12.5. The average molecular weight is 240 g/mol. The molecule has 5 heteroatoms. The lowest BCUT2D eigenvalue weighted by molar-refractivity contribution is 0.905. The van der Waals surface area contributed by atoms with Crippen molar-refractivity contribution < 1.29 is 0 Å². The standard InChI is InChI=1S/C13H12N4O/c1-14-10-4-2-9(3-5-10)11-8-17-12(15-11)6-7-13(18)16-17/h2-8,14H,1H3,(H,16,18). The first-order valence-electron chi connectivity index (χ1n) is 5.63. The molecule has 0 saturated heterocycles. The molecule has 0 fully saturated rings. The summed E-state index contributed by atoms with van der Waals surface area (Å²) >= 11 is 0. The van der Waals surface area contributed by atoms with Crippen LogP contribution in [0.25, 0.3) is 16.9 Å². The quantitative estimate of drug-likeness (QED) is 0.717. The largest absolute Gasteiger partial charge is 0.388 e. The Bertz CT molecular complexity index is 740. The van der Waals surface area contributed by atoms with E-state index in [1.54, 1.807) is 10.6 Å². The first kappa shape index (κ1) is 10.6. The fraction of sp³-hybridized carbons (Fsp3) is 0.0769. The summed E-state index contributed by atoms with van der Waals surface area (Å²) in [6, 6.07) is 11.1. The fourth-order valence-electron chi connectivity index (χ4n) is 1.85. The fourth-order valence-corrected chi connectivity index (χ4v) is 1.85. The van der Waals surface area contributed by atoms with Crippen molar-refractivity contribution in [2.45, 2.75) is 0 Å². The molecule has 0 radical (unpaired) electrons. The van der Waals surface area contributed by atoms with Crippen LogP contribution in [0.5, 0.6) is 0 Å². The number of nitrogens with zero attached hydrogens (tertiary/aromatic N) is 2. The maximum absolute atomic E-state index is 11.2. The Morgan fingerprint density at radius 1 is 1.17 bits per heavy atom. The third kappa shape index (κ3) is 1.75. The summed E-state index contributed by atoms with van der Waals surface area (Å²) in [7, 11) is 1.88. The van der Waals surface area contributed by atoms with E-state index in [0.717, 1.165) is 22.6 Å². The van der Waals surface area contributed by atoms with Crippen LogP contribution in [0.15, 0.2) is 47.4 Å². The summed E-state index contributed by atoms with van der Waals surface area (Å²) in [6.07, 6.45) is 1.81. The maximum Gasteiger partial charge on any atom is 0.262 e. The van der Waals surface area contributed by atoms with Gasteiger partial charge in [0, 0.05) is 24.4 Å². The van der Waals surface area contributed by atoms with Gasteiger partial charge in [-0.1, -0.05) is 12.1 Å². The van der Waals surface area contributed by atoms with Crippen molar-refractivity contribution in [1.82, 2.24) is 14.6 Å². The second-order valence-corrected chi connectivity index (χ2v) is 3.99. The molecule has 1 aromatic carbocycles. The summed E-state index contributed by atoms with van der Waals surface area (Å²) in [4.78, 5) is 15.7. The minimum atomic E-state index is -0.142. The van der Waals surface area contributed by atoms with Crippen LogP contribution in [0.1, 0.15) is 0 Å². The molecule has 0 saturated carbocycles. The number of rotatable bonds is 2. The molecule has 0 spiro atoms. The molecule has 0 aliphatic heterocycles. The Kier molecular flexibility index (Phi) is 2.37. The molecule has 18 heavy (non-hydrogen) atoms. The number of aromatic amines is 1. The number of hydrogen-bond donors (Lipinski definition) is 2. The number of fused-ring (bicyclic) bond motifs is 1. The number of anilines is 1. The zero-order valence-electron chi connectivity index (χ0n) is 9.84. The highest BCUT2D eigenvalue weighted by Crippen LogP contribution is 2.20. The van der Waals surface area contributed by atoms with E-state index >= 15 is 0 Å². The molecular formula is C13H12N4O. The highest BCUT2D eigenvalue weighted by atomic mass is 16.1. The lowest BCUT2D eigenvalue weighted by atomic mass is 10.1. The minimum absolute atomic E-state index is 0.142. The van der Waals surface area contributed by atoms with Crippen LogP contribution < -0.4 is 10.9 Å². The molecule has 0 atom stereocenters. The van der Waals surface area contributed by atoms with E-state index in [0.29, 0.717) is 0 Å². The van der Waals surface area contributed by atoms with Gasteiger partial charge in [-0.25, -0.2) is 9.50 Å². The van der Waals surface area contributed by atoms with Gasteiger partial charge in [-0.15, -0.1) is 0 Å². The first-order valence-corrected chi connectivity index (χ1v) is 5.63. The Labute approximate surface area is 103 Å². The zero-order valence-corrected chi connectivity index (χ0v) is 9.84. The lowest BCUT2D eigenvalue weighted by Gasteiger charge is -2.00. The minimum Gasteiger partial charge on any atom is -0.388 e. The van der Waals surface area contributed by atoms with Crippen molar-refractivity contribution in [2.75, 3.05) is 12.4 Å². The highest BCUT2D eigenvalue weighted by Gasteiger charge is 2.04. The summed E-state index contributed by atoms with van der Waals surface area (Å²) in [5, 5.41) is 5.76. The van der Waals surface area contributed by atoms with Crippen LogP contribution in [-0.4, -0.2) is 21.6 Å². The van der Waals surface area contributed by atoms with Crippen molar-refractivity contribution in [2.24, 2.45) is 0 Å². The summed E-state index contributed by atoms with van der Waals surface area (Å²) in [5.41, 5.74) is 3.48. The second kappa shape index (κ2) is 4.03. The van der Waals surface area contributed by atoms with Gasteiger partial charge < -0.3 is 5.32 Å². The number of nitrogens with one attached hydrogen (secondary N) is 2. The summed E-state index contributed by atoms with van der Waals surface area (Å²) < 4.78 is 1.63. The lowest BCUT2D eigenvalue weighted by Crippen LogP contribution is -2.07. The van der Waals surface area contributed by atoms with Crippen LogP contribution in [0, 0.1) is 0 Å². The van der Waals surface area contributed by atoms with E-state index in [1.165, 1.54) is 6.07 Å². The summed E-state index contributed by atoms with van der Waals surface area (Å²) in [6.45, 7) is 0. The molecular weight excluding hydrogens is 228 g/mol. The van der Waals surface area contributed by atoms with Crippen molar-refractivity contribution >= 4 is 11.3 Å². The number of H-pyrrole nitrogens is 1. The monoisotopic (exact) mass is 240 g/mol. The maximum atomic E-state index is 11.2. The summed E-state index contributed by atoms with van der Waals surface area (Å²) in [5.74, 6) is 0. The smallest absolute Gasteiger partial charge is 0.262 e. The molecule has 3 aromatic rings. The van der Waals surface area contributed by atoms with Crippen LogP contribution in [0.3, 0.4) is 0 Å². The Hall–Kier alpha value is -2.56. The molecule has 3 rings (SSSR count). The molecule has 2 aromatic heterocycles. The van der Waals surface area contributed by atoms with Gasteiger partial charge in [-0.2, -0.15) is 0 Å². The van der Waals surface area contributed by atoms with Crippen LogP contribution in [0.4, 0.5) is 5.69 Å². The number of aromatic nitrogens is 3. The van der Waals surface area contributed by atoms with E-state index < -0.39 is 0 Å². The van der Waals surface area contributed by atoms with E-state index in [-0.39, 0.29) is 5.56 Å². The third-order valence-corrected chi connectivity index (χ3v) is 2.82. The highest BCUT2D eigenvalue weighted by molar-refractivity contribution is 5.64. The van der Waals surface area contributed by atoms with E-state index in [9.17, 15) is 4.79 Å². The topological polar surface area (TPSA) is 62.2 Å². The third-order valence-electron chi connectivity index (χ3n) is 2.82. The number of benzene rings is 1. The Morgan fingerprint density at radius 2 is 1.94 bits per heavy atom. The molecule has 90 valence electrons.